The lowest BCUT2D eigenvalue weighted by Gasteiger charge is -2.16. The van der Waals surface area contributed by atoms with Crippen LogP contribution in [0, 0.1) is 5.82 Å². The fourth-order valence-corrected chi connectivity index (χ4v) is 3.02. The second kappa shape index (κ2) is 7.17. The zero-order chi connectivity index (χ0) is 18.8. The van der Waals surface area contributed by atoms with Crippen LogP contribution in [0.2, 0.25) is 0 Å². The Kier molecular flexibility index (Phi) is 4.94. The number of pyridine rings is 1. The molecule has 134 valence electrons. The zero-order valence-corrected chi connectivity index (χ0v) is 15.6. The smallest absolute Gasteiger partial charge is 0.252 e. The van der Waals surface area contributed by atoms with Gasteiger partial charge in [0, 0.05) is 22.1 Å². The summed E-state index contributed by atoms with van der Waals surface area (Å²) in [7, 11) is 3.04. The topological polar surface area (TPSA) is 86.5 Å². The predicted molar refractivity (Wildman–Crippen MR) is 101 cm³/mol. The molecule has 0 aliphatic rings. The number of nitrogens with zero attached hydrogens (tertiary/aromatic N) is 1. The van der Waals surface area contributed by atoms with E-state index in [-0.39, 0.29) is 11.4 Å². The van der Waals surface area contributed by atoms with Gasteiger partial charge in [-0.25, -0.2) is 4.39 Å². The molecular formula is C18H15BrFN3O3. The van der Waals surface area contributed by atoms with Crippen molar-refractivity contribution >= 4 is 44.1 Å². The molecule has 0 bridgehead atoms. The van der Waals surface area contributed by atoms with Crippen LogP contribution >= 0.6 is 15.9 Å². The van der Waals surface area contributed by atoms with E-state index in [1.54, 1.807) is 18.2 Å². The van der Waals surface area contributed by atoms with Crippen LogP contribution in [0.15, 0.2) is 41.0 Å². The lowest BCUT2D eigenvalue weighted by atomic mass is 10.1. The van der Waals surface area contributed by atoms with E-state index in [4.69, 9.17) is 15.2 Å². The molecule has 26 heavy (non-hydrogen) atoms. The molecule has 3 N–H and O–H groups in total. The van der Waals surface area contributed by atoms with Crippen LogP contribution in [0.25, 0.3) is 10.9 Å². The number of benzene rings is 2. The van der Waals surface area contributed by atoms with E-state index < -0.39 is 5.91 Å². The number of aromatic nitrogens is 1. The first-order chi connectivity index (χ1) is 12.4. The highest BCUT2D eigenvalue weighted by Gasteiger charge is 2.17. The fraction of sp³-hybridized carbons (Fsp3) is 0.111. The van der Waals surface area contributed by atoms with Gasteiger partial charge in [0.15, 0.2) is 11.5 Å². The zero-order valence-electron chi connectivity index (χ0n) is 14.0. The Morgan fingerprint density at radius 2 is 1.88 bits per heavy atom. The van der Waals surface area contributed by atoms with Gasteiger partial charge in [0.2, 0.25) is 0 Å². The number of hydrogen-bond donors (Lipinski definition) is 2. The Balaban J connectivity index is 2.25. The Morgan fingerprint density at radius 3 is 2.50 bits per heavy atom. The van der Waals surface area contributed by atoms with E-state index in [2.05, 4.69) is 26.2 Å². The van der Waals surface area contributed by atoms with Gasteiger partial charge < -0.3 is 20.5 Å². The molecule has 0 saturated heterocycles. The Morgan fingerprint density at radius 1 is 1.19 bits per heavy atom. The fourth-order valence-electron chi connectivity index (χ4n) is 2.57. The molecule has 2 aromatic carbocycles. The van der Waals surface area contributed by atoms with Crippen LogP contribution in [0.5, 0.6) is 11.5 Å². The van der Waals surface area contributed by atoms with E-state index in [1.165, 1.54) is 32.5 Å². The summed E-state index contributed by atoms with van der Waals surface area (Å²) in [4.78, 5) is 16.2. The minimum Gasteiger partial charge on any atom is -0.493 e. The van der Waals surface area contributed by atoms with Gasteiger partial charge in [-0.05, 0) is 40.2 Å². The number of methoxy groups -OCH3 is 2. The largest absolute Gasteiger partial charge is 0.493 e. The number of hydrogen-bond acceptors (Lipinski definition) is 5. The first-order valence-corrected chi connectivity index (χ1v) is 8.30. The third-order valence-electron chi connectivity index (χ3n) is 3.83. The molecule has 8 heteroatoms. The molecule has 1 aromatic heterocycles. The van der Waals surface area contributed by atoms with E-state index in [0.29, 0.717) is 38.2 Å². The Labute approximate surface area is 157 Å². The number of amides is 1. The molecule has 3 aromatic rings. The molecule has 0 atom stereocenters. The number of anilines is 2. The van der Waals surface area contributed by atoms with Crippen molar-refractivity contribution in [1.29, 1.82) is 0 Å². The first-order valence-electron chi connectivity index (χ1n) is 7.51. The van der Waals surface area contributed by atoms with Gasteiger partial charge in [-0.1, -0.05) is 0 Å². The van der Waals surface area contributed by atoms with Crippen LogP contribution < -0.4 is 20.5 Å². The summed E-state index contributed by atoms with van der Waals surface area (Å²) in [6.07, 6.45) is 1.39. The van der Waals surface area contributed by atoms with Crippen molar-refractivity contribution in [3.63, 3.8) is 0 Å². The molecule has 6 nitrogen and oxygen atoms in total. The average Bonchev–Trinajstić information content (AvgIpc) is 2.62. The van der Waals surface area contributed by atoms with E-state index in [0.717, 1.165) is 0 Å². The van der Waals surface area contributed by atoms with Crippen molar-refractivity contribution in [2.24, 2.45) is 5.73 Å². The van der Waals surface area contributed by atoms with Crippen molar-refractivity contribution in [1.82, 2.24) is 4.98 Å². The number of carbonyl (C=O) groups excluding carboxylic acids is 1. The van der Waals surface area contributed by atoms with E-state index in [1.807, 2.05) is 0 Å². The second-order valence-electron chi connectivity index (χ2n) is 5.38. The summed E-state index contributed by atoms with van der Waals surface area (Å²) in [6.45, 7) is 0. The van der Waals surface area contributed by atoms with Crippen LogP contribution in [-0.4, -0.2) is 25.1 Å². The number of ether oxygens (including phenoxy) is 2. The molecule has 0 aliphatic carbocycles. The van der Waals surface area contributed by atoms with E-state index >= 15 is 0 Å². The van der Waals surface area contributed by atoms with Crippen molar-refractivity contribution in [3.8, 4) is 11.5 Å². The summed E-state index contributed by atoms with van der Waals surface area (Å²) in [6, 6.07) is 7.58. The number of primary amides is 1. The highest BCUT2D eigenvalue weighted by Crippen LogP contribution is 2.38. The van der Waals surface area contributed by atoms with Crippen LogP contribution in [-0.2, 0) is 0 Å². The normalized spacial score (nSPS) is 10.6. The molecule has 0 saturated carbocycles. The minimum atomic E-state index is -0.644. The highest BCUT2D eigenvalue weighted by molar-refractivity contribution is 9.10. The number of fused-ring (bicyclic) bond motifs is 1. The monoisotopic (exact) mass is 419 g/mol. The summed E-state index contributed by atoms with van der Waals surface area (Å²) >= 11 is 3.30. The number of carbonyl (C=O) groups is 1. The lowest BCUT2D eigenvalue weighted by molar-refractivity contribution is 0.100. The maximum absolute atomic E-state index is 13.4. The number of halogens is 2. The van der Waals surface area contributed by atoms with Crippen molar-refractivity contribution in [2.75, 3.05) is 19.5 Å². The molecule has 1 amide bonds. The predicted octanol–water partition coefficient (Wildman–Crippen LogP) is 4.00. The Hall–Kier alpha value is -2.87. The SMILES string of the molecule is COc1cc2ncc(C(N)=O)c(Nc3ccc(F)cc3Br)c2cc1OC. The van der Waals surface area contributed by atoms with Crippen LogP contribution in [0.4, 0.5) is 15.8 Å². The molecule has 0 unspecified atom stereocenters. The maximum Gasteiger partial charge on any atom is 0.252 e. The maximum atomic E-state index is 13.4. The van der Waals surface area contributed by atoms with Gasteiger partial charge in [0.25, 0.3) is 5.91 Å². The molecule has 0 spiro atoms. The van der Waals surface area contributed by atoms with Gasteiger partial charge in [-0.2, -0.15) is 0 Å². The molecule has 0 aliphatic heterocycles. The Bertz CT molecular complexity index is 1010. The highest BCUT2D eigenvalue weighted by atomic mass is 79.9. The minimum absolute atomic E-state index is 0.195. The van der Waals surface area contributed by atoms with Crippen molar-refractivity contribution < 1.29 is 18.7 Å². The van der Waals surface area contributed by atoms with Gasteiger partial charge in [0.05, 0.1) is 36.7 Å². The summed E-state index contributed by atoms with van der Waals surface area (Å²) in [5.41, 5.74) is 7.28. The van der Waals surface area contributed by atoms with Gasteiger partial charge in [0.1, 0.15) is 5.82 Å². The number of nitrogens with two attached hydrogens (primary N) is 1. The molecule has 1 heterocycles. The number of rotatable bonds is 5. The molecular weight excluding hydrogens is 405 g/mol. The third-order valence-corrected chi connectivity index (χ3v) is 4.49. The standard InChI is InChI=1S/C18H15BrFN3O3/c1-25-15-6-10-14(7-16(15)26-2)22-8-11(18(21)24)17(10)23-13-4-3-9(20)5-12(13)19/h3-8H,1-2H3,(H2,21,24)(H,22,23). The van der Waals surface area contributed by atoms with E-state index in [9.17, 15) is 9.18 Å². The summed E-state index contributed by atoms with van der Waals surface area (Å²) in [5, 5.41) is 3.74. The summed E-state index contributed by atoms with van der Waals surface area (Å²) in [5.74, 6) is -0.0451. The second-order valence-corrected chi connectivity index (χ2v) is 6.24. The van der Waals surface area contributed by atoms with Crippen LogP contribution in [0.1, 0.15) is 10.4 Å². The molecule has 0 fully saturated rings. The quantitative estimate of drug-likeness (QED) is 0.652. The van der Waals surface area contributed by atoms with Gasteiger partial charge in [-0.3, -0.25) is 9.78 Å². The molecule has 0 radical (unpaired) electrons. The van der Waals surface area contributed by atoms with Gasteiger partial charge in [-0.15, -0.1) is 0 Å². The van der Waals surface area contributed by atoms with Gasteiger partial charge >= 0.3 is 0 Å². The first kappa shape index (κ1) is 17.9. The van der Waals surface area contributed by atoms with Crippen LogP contribution in [0.3, 0.4) is 0 Å². The van der Waals surface area contributed by atoms with Crippen molar-refractivity contribution in [2.45, 2.75) is 0 Å². The third kappa shape index (κ3) is 3.28. The summed E-state index contributed by atoms with van der Waals surface area (Å²) < 4.78 is 24.5. The number of nitrogens with one attached hydrogen (secondary N) is 1. The molecule has 3 rings (SSSR count). The average molecular weight is 420 g/mol. The lowest BCUT2D eigenvalue weighted by Crippen LogP contribution is -2.14. The van der Waals surface area contributed by atoms with Crippen molar-refractivity contribution in [3.05, 3.63) is 52.4 Å².